The third-order valence-corrected chi connectivity index (χ3v) is 3.12. The number of carbonyl (C=O) groups is 2. The quantitative estimate of drug-likeness (QED) is 0.485. The first-order valence-electron chi connectivity index (χ1n) is 5.81. The minimum absolute atomic E-state index is 0.0170. The van der Waals surface area contributed by atoms with Crippen LogP contribution in [0.25, 0.3) is 0 Å². The third kappa shape index (κ3) is 2.74. The lowest BCUT2D eigenvalue weighted by atomic mass is 10.1. The molecule has 2 rings (SSSR count). The van der Waals surface area contributed by atoms with Gasteiger partial charge in [0.05, 0.1) is 11.5 Å². The first-order chi connectivity index (χ1) is 9.32. The van der Waals surface area contributed by atoms with Crippen molar-refractivity contribution in [1.82, 2.24) is 5.43 Å². The van der Waals surface area contributed by atoms with Crippen molar-refractivity contribution in [3.05, 3.63) is 29.8 Å². The number of rotatable bonds is 2. The van der Waals surface area contributed by atoms with Crippen LogP contribution in [-0.2, 0) is 15.8 Å². The summed E-state index contributed by atoms with van der Waals surface area (Å²) in [6, 6.07) is 4.44. The normalized spacial score (nSPS) is 19.3. The average molecular weight is 287 g/mol. The Bertz CT molecular complexity index is 545. The van der Waals surface area contributed by atoms with Crippen LogP contribution in [0.4, 0.5) is 18.9 Å². The summed E-state index contributed by atoms with van der Waals surface area (Å²) in [6.07, 6.45) is -4.55. The summed E-state index contributed by atoms with van der Waals surface area (Å²) < 4.78 is 37.9. The van der Waals surface area contributed by atoms with Crippen LogP contribution in [-0.4, -0.2) is 18.4 Å². The number of hydrogen-bond acceptors (Lipinski definition) is 3. The van der Waals surface area contributed by atoms with Crippen LogP contribution in [0.2, 0.25) is 0 Å². The Hall–Kier alpha value is -2.09. The zero-order valence-corrected chi connectivity index (χ0v) is 10.3. The summed E-state index contributed by atoms with van der Waals surface area (Å²) in [4.78, 5) is 24.3. The molecule has 0 aromatic heterocycles. The van der Waals surface area contributed by atoms with Gasteiger partial charge in [0.2, 0.25) is 11.8 Å². The molecule has 1 fully saturated rings. The maximum Gasteiger partial charge on any atom is 0.416 e. The van der Waals surface area contributed by atoms with Crippen molar-refractivity contribution < 1.29 is 22.8 Å². The molecule has 1 heterocycles. The molecule has 8 heteroatoms. The minimum Gasteiger partial charge on any atom is -0.312 e. The van der Waals surface area contributed by atoms with Gasteiger partial charge in [0.15, 0.2) is 0 Å². The molecule has 0 saturated carbocycles. The second kappa shape index (κ2) is 5.12. The molecular weight excluding hydrogens is 275 g/mol. The molecule has 1 aromatic carbocycles. The molecule has 0 radical (unpaired) electrons. The topological polar surface area (TPSA) is 75.4 Å². The number of benzene rings is 1. The number of nitrogens with one attached hydrogen (secondary N) is 1. The van der Waals surface area contributed by atoms with Gasteiger partial charge >= 0.3 is 6.18 Å². The van der Waals surface area contributed by atoms with Gasteiger partial charge in [-0.05, 0) is 18.2 Å². The lowest BCUT2D eigenvalue weighted by molar-refractivity contribution is -0.137. The maximum atomic E-state index is 12.6. The number of anilines is 1. The van der Waals surface area contributed by atoms with Crippen molar-refractivity contribution in [3.8, 4) is 0 Å². The Morgan fingerprint density at radius 1 is 1.40 bits per heavy atom. The Kier molecular flexibility index (Phi) is 3.67. The highest BCUT2D eigenvalue weighted by Crippen LogP contribution is 2.33. The van der Waals surface area contributed by atoms with Crippen LogP contribution in [0.15, 0.2) is 24.3 Å². The molecule has 1 unspecified atom stereocenters. The molecule has 1 aliphatic heterocycles. The first kappa shape index (κ1) is 14.3. The monoisotopic (exact) mass is 287 g/mol. The SMILES string of the molecule is NNC(=O)C1CC(=O)N(c2cccc(C(F)(F)F)c2)C1. The van der Waals surface area contributed by atoms with Crippen LogP contribution in [0.1, 0.15) is 12.0 Å². The lowest BCUT2D eigenvalue weighted by Gasteiger charge is -2.18. The van der Waals surface area contributed by atoms with E-state index in [0.717, 1.165) is 17.0 Å². The van der Waals surface area contributed by atoms with Gasteiger partial charge < -0.3 is 4.90 Å². The van der Waals surface area contributed by atoms with Gasteiger partial charge in [-0.1, -0.05) is 6.07 Å². The third-order valence-electron chi connectivity index (χ3n) is 3.12. The fourth-order valence-corrected chi connectivity index (χ4v) is 2.10. The second-order valence-electron chi connectivity index (χ2n) is 4.46. The number of nitrogens with two attached hydrogens (primary N) is 1. The van der Waals surface area contributed by atoms with Crippen molar-refractivity contribution in [1.29, 1.82) is 0 Å². The molecule has 2 amide bonds. The van der Waals surface area contributed by atoms with Crippen LogP contribution in [0, 0.1) is 5.92 Å². The molecule has 1 atom stereocenters. The number of amides is 2. The van der Waals surface area contributed by atoms with Crippen LogP contribution in [0.3, 0.4) is 0 Å². The summed E-state index contributed by atoms with van der Waals surface area (Å²) in [5.41, 5.74) is 1.22. The van der Waals surface area contributed by atoms with E-state index in [1.54, 1.807) is 0 Å². The molecule has 1 aliphatic rings. The number of carbonyl (C=O) groups excluding carboxylic acids is 2. The highest BCUT2D eigenvalue weighted by molar-refractivity contribution is 6.00. The van der Waals surface area contributed by atoms with Gasteiger partial charge in [0.1, 0.15) is 0 Å². The van der Waals surface area contributed by atoms with Gasteiger partial charge in [0, 0.05) is 18.7 Å². The fraction of sp³-hybridized carbons (Fsp3) is 0.333. The molecule has 20 heavy (non-hydrogen) atoms. The minimum atomic E-state index is -4.48. The first-order valence-corrected chi connectivity index (χ1v) is 5.81. The lowest BCUT2D eigenvalue weighted by Crippen LogP contribution is -2.37. The summed E-state index contributed by atoms with van der Waals surface area (Å²) in [7, 11) is 0. The molecule has 0 spiro atoms. The zero-order chi connectivity index (χ0) is 14.9. The average Bonchev–Trinajstić information content (AvgIpc) is 2.79. The van der Waals surface area contributed by atoms with Crippen molar-refractivity contribution in [2.24, 2.45) is 11.8 Å². The molecule has 0 aliphatic carbocycles. The largest absolute Gasteiger partial charge is 0.416 e. The number of halogens is 3. The van der Waals surface area contributed by atoms with E-state index >= 15 is 0 Å². The van der Waals surface area contributed by atoms with Crippen LogP contribution in [0.5, 0.6) is 0 Å². The van der Waals surface area contributed by atoms with E-state index in [2.05, 4.69) is 0 Å². The van der Waals surface area contributed by atoms with Gasteiger partial charge in [0.25, 0.3) is 0 Å². The van der Waals surface area contributed by atoms with Crippen LogP contribution >= 0.6 is 0 Å². The van der Waals surface area contributed by atoms with Crippen LogP contribution < -0.4 is 16.2 Å². The standard InChI is InChI=1S/C12H12F3N3O2/c13-12(14,15)8-2-1-3-9(5-8)18-6-7(4-10(18)19)11(20)17-16/h1-3,5,7H,4,6,16H2,(H,17,20). The summed E-state index contributed by atoms with van der Waals surface area (Å²) in [5.74, 6) is 3.42. The van der Waals surface area contributed by atoms with Crippen molar-refractivity contribution >= 4 is 17.5 Å². The molecule has 3 N–H and O–H groups in total. The van der Waals surface area contributed by atoms with Gasteiger partial charge in [-0.15, -0.1) is 0 Å². The Morgan fingerprint density at radius 2 is 2.10 bits per heavy atom. The Balaban J connectivity index is 2.24. The number of hydrogen-bond donors (Lipinski definition) is 2. The van der Waals surface area contributed by atoms with Crippen molar-refractivity contribution in [2.45, 2.75) is 12.6 Å². The zero-order valence-electron chi connectivity index (χ0n) is 10.3. The maximum absolute atomic E-state index is 12.6. The molecule has 0 bridgehead atoms. The van der Waals surface area contributed by atoms with E-state index in [9.17, 15) is 22.8 Å². The fourth-order valence-electron chi connectivity index (χ4n) is 2.10. The summed E-state index contributed by atoms with van der Waals surface area (Å²) >= 11 is 0. The number of alkyl halides is 3. The van der Waals surface area contributed by atoms with Gasteiger partial charge in [-0.25, -0.2) is 5.84 Å². The predicted octanol–water partition coefficient (Wildman–Crippen LogP) is 1.05. The molecule has 1 saturated heterocycles. The van der Waals surface area contributed by atoms with Crippen molar-refractivity contribution in [2.75, 3.05) is 11.4 Å². The van der Waals surface area contributed by atoms with Gasteiger partial charge in [-0.3, -0.25) is 15.0 Å². The van der Waals surface area contributed by atoms with E-state index in [4.69, 9.17) is 5.84 Å². The Morgan fingerprint density at radius 3 is 2.70 bits per heavy atom. The summed E-state index contributed by atoms with van der Waals surface area (Å²) in [6.45, 7) is 0.0170. The highest BCUT2D eigenvalue weighted by atomic mass is 19.4. The van der Waals surface area contributed by atoms with E-state index in [1.165, 1.54) is 12.1 Å². The smallest absolute Gasteiger partial charge is 0.312 e. The van der Waals surface area contributed by atoms with E-state index in [0.29, 0.717) is 0 Å². The molecule has 108 valence electrons. The molecular formula is C12H12F3N3O2. The summed E-state index contributed by atoms with van der Waals surface area (Å²) in [5, 5.41) is 0. The number of hydrazine groups is 1. The molecule has 1 aromatic rings. The predicted molar refractivity (Wildman–Crippen MR) is 64.2 cm³/mol. The van der Waals surface area contributed by atoms with Crippen molar-refractivity contribution in [3.63, 3.8) is 0 Å². The van der Waals surface area contributed by atoms with Gasteiger partial charge in [-0.2, -0.15) is 13.2 Å². The second-order valence-corrected chi connectivity index (χ2v) is 4.46. The molecule has 5 nitrogen and oxygen atoms in total. The Labute approximate surface area is 112 Å². The van der Waals surface area contributed by atoms with E-state index in [1.807, 2.05) is 5.43 Å². The van der Waals surface area contributed by atoms with E-state index < -0.39 is 29.5 Å². The number of nitrogens with zero attached hydrogens (tertiary/aromatic N) is 1. The highest BCUT2D eigenvalue weighted by Gasteiger charge is 2.36. The van der Waals surface area contributed by atoms with E-state index in [-0.39, 0.29) is 18.7 Å².